The van der Waals surface area contributed by atoms with Crippen LogP contribution in [0, 0.1) is 4.91 Å². The van der Waals surface area contributed by atoms with Crippen molar-refractivity contribution in [1.82, 2.24) is 0 Å². The van der Waals surface area contributed by atoms with Gasteiger partial charge in [-0.05, 0) is 6.07 Å². The molecule has 0 spiro atoms. The van der Waals surface area contributed by atoms with E-state index in [0.29, 0.717) is 32.0 Å². The summed E-state index contributed by atoms with van der Waals surface area (Å²) in [6, 6.07) is 4.57. The molecule has 0 radical (unpaired) electrons. The smallest absolute Gasteiger partial charge is 0.338 e. The zero-order valence-corrected chi connectivity index (χ0v) is 9.18. The van der Waals surface area contributed by atoms with Crippen molar-refractivity contribution in [3.05, 3.63) is 28.7 Å². The highest BCUT2D eigenvalue weighted by molar-refractivity contribution is 5.95. The number of rotatable bonds is 3. The average Bonchev–Trinajstić information content (AvgIpc) is 2.39. The number of nitrogens with zero attached hydrogens (tertiary/aromatic N) is 1. The maximum atomic E-state index is 11.1. The van der Waals surface area contributed by atoms with Crippen molar-refractivity contribution in [2.45, 2.75) is 0 Å². The molecule has 1 heterocycles. The van der Waals surface area contributed by atoms with Crippen molar-refractivity contribution < 1.29 is 19.8 Å². The number of morpholine rings is 1. The van der Waals surface area contributed by atoms with E-state index in [0.717, 1.165) is 0 Å². The first kappa shape index (κ1) is 11.5. The lowest BCUT2D eigenvalue weighted by Gasteiger charge is -2.29. The second-order valence-corrected chi connectivity index (χ2v) is 3.74. The molecule has 1 saturated heterocycles. The largest absolute Gasteiger partial charge is 0.478 e. The molecule has 90 valence electrons. The second-order valence-electron chi connectivity index (χ2n) is 3.74. The van der Waals surface area contributed by atoms with E-state index >= 15 is 0 Å². The summed E-state index contributed by atoms with van der Waals surface area (Å²) in [4.78, 5) is 23.6. The summed E-state index contributed by atoms with van der Waals surface area (Å²) in [7, 11) is 0. The van der Waals surface area contributed by atoms with Gasteiger partial charge in [0.25, 0.3) is 5.69 Å². The molecule has 1 aliphatic heterocycles. The van der Waals surface area contributed by atoms with Crippen LogP contribution in [0.15, 0.2) is 18.2 Å². The second kappa shape index (κ2) is 4.92. The van der Waals surface area contributed by atoms with Crippen LogP contribution in [0.5, 0.6) is 0 Å². The van der Waals surface area contributed by atoms with Gasteiger partial charge in [-0.3, -0.25) is 0 Å². The zero-order chi connectivity index (χ0) is 12.3. The topological polar surface area (TPSA) is 80.8 Å². The molecule has 6 heteroatoms. The van der Waals surface area contributed by atoms with E-state index in [1.807, 2.05) is 4.90 Å². The van der Waals surface area contributed by atoms with Gasteiger partial charge in [-0.25, -0.2) is 4.79 Å². The number of nitrogens with one attached hydrogen (secondary N) is 1. The summed E-state index contributed by atoms with van der Waals surface area (Å²) in [6.07, 6.45) is 0. The summed E-state index contributed by atoms with van der Waals surface area (Å²) in [5.74, 6) is -1.04. The lowest BCUT2D eigenvalue weighted by Crippen LogP contribution is -2.55. The summed E-state index contributed by atoms with van der Waals surface area (Å²) in [5, 5.41) is 10.8. The molecule has 17 heavy (non-hydrogen) atoms. The van der Waals surface area contributed by atoms with Gasteiger partial charge in [0, 0.05) is 35.3 Å². The first-order valence-electron chi connectivity index (χ1n) is 5.30. The number of carbonyl (C=O) groups is 1. The van der Waals surface area contributed by atoms with Gasteiger partial charge in [-0.2, -0.15) is 0 Å². The van der Waals surface area contributed by atoms with E-state index in [2.05, 4.69) is 0 Å². The first-order chi connectivity index (χ1) is 8.22. The minimum Gasteiger partial charge on any atom is -0.478 e. The number of ether oxygens (including phenoxy) is 1. The van der Waals surface area contributed by atoms with Gasteiger partial charge < -0.3 is 14.7 Å². The molecule has 0 unspecified atom stereocenters. The standard InChI is InChI=1S/C11H12N2O4/c14-11(15)9-7-8(12-16)1-2-10(9)13-3-5-17-6-4-13/h1-2,7H,3-6H2,(H,14,15)/p+1. The molecule has 1 aromatic rings. The van der Waals surface area contributed by atoms with E-state index in [1.165, 1.54) is 6.07 Å². The van der Waals surface area contributed by atoms with Crippen molar-refractivity contribution >= 4 is 17.3 Å². The Bertz CT molecular complexity index is 441. The average molecular weight is 237 g/mol. The van der Waals surface area contributed by atoms with Crippen LogP contribution < -0.4 is 10.1 Å². The van der Waals surface area contributed by atoms with Gasteiger partial charge in [0.1, 0.15) is 0 Å². The predicted octanol–water partition coefficient (Wildman–Crippen LogP) is -0.300. The molecule has 0 atom stereocenters. The van der Waals surface area contributed by atoms with Gasteiger partial charge in [-0.15, -0.1) is 0 Å². The summed E-state index contributed by atoms with van der Waals surface area (Å²) >= 11 is 0. The van der Waals surface area contributed by atoms with E-state index in [-0.39, 0.29) is 11.3 Å². The Morgan fingerprint density at radius 2 is 2.06 bits per heavy atom. The Balaban J connectivity index is 2.37. The normalized spacial score (nSPS) is 15.6. The maximum absolute atomic E-state index is 11.1. The molecule has 2 N–H and O–H groups in total. The fourth-order valence-corrected chi connectivity index (χ4v) is 1.85. The molecule has 0 bridgehead atoms. The highest BCUT2D eigenvalue weighted by atomic mass is 16.5. The third-order valence-electron chi connectivity index (χ3n) is 2.70. The highest BCUT2D eigenvalue weighted by Gasteiger charge is 2.20. The van der Waals surface area contributed by atoms with Crippen molar-refractivity contribution in [2.24, 2.45) is 0 Å². The van der Waals surface area contributed by atoms with Crippen LogP contribution in [-0.4, -0.2) is 37.4 Å². The quantitative estimate of drug-likeness (QED) is 0.754. The number of benzene rings is 1. The molecular formula is C11H13N2O4+. The summed E-state index contributed by atoms with van der Waals surface area (Å²) < 4.78 is 5.22. The monoisotopic (exact) mass is 237 g/mol. The lowest BCUT2D eigenvalue weighted by atomic mass is 10.1. The zero-order valence-electron chi connectivity index (χ0n) is 9.18. The van der Waals surface area contributed by atoms with Crippen LogP contribution in [0.3, 0.4) is 0 Å². The van der Waals surface area contributed by atoms with E-state index in [1.54, 1.807) is 17.3 Å². The predicted molar refractivity (Wildman–Crippen MR) is 60.4 cm³/mol. The summed E-state index contributed by atoms with van der Waals surface area (Å²) in [5.41, 5.74) is 1.01. The third-order valence-corrected chi connectivity index (χ3v) is 2.70. The third kappa shape index (κ3) is 2.42. The van der Waals surface area contributed by atoms with Crippen LogP contribution in [0.2, 0.25) is 0 Å². The number of aromatic carboxylic acids is 1. The van der Waals surface area contributed by atoms with E-state index < -0.39 is 5.97 Å². The van der Waals surface area contributed by atoms with Crippen molar-refractivity contribution in [3.63, 3.8) is 0 Å². The van der Waals surface area contributed by atoms with Crippen LogP contribution in [0.1, 0.15) is 10.4 Å². The van der Waals surface area contributed by atoms with Gasteiger partial charge in [0.05, 0.1) is 24.5 Å². The van der Waals surface area contributed by atoms with Gasteiger partial charge in [0.15, 0.2) is 0 Å². The van der Waals surface area contributed by atoms with Gasteiger partial charge >= 0.3 is 5.97 Å². The summed E-state index contributed by atoms with van der Waals surface area (Å²) in [6.45, 7) is 2.48. The molecule has 1 aliphatic rings. The van der Waals surface area contributed by atoms with Crippen LogP contribution in [-0.2, 0) is 4.74 Å². The number of hydrogen-bond donors (Lipinski definition) is 2. The van der Waals surface area contributed by atoms with Crippen molar-refractivity contribution in [1.29, 1.82) is 0 Å². The van der Waals surface area contributed by atoms with Crippen LogP contribution in [0.25, 0.3) is 0 Å². The molecule has 1 fully saturated rings. The molecule has 1 aromatic carbocycles. The van der Waals surface area contributed by atoms with Crippen molar-refractivity contribution in [3.8, 4) is 0 Å². The van der Waals surface area contributed by atoms with Crippen LogP contribution >= 0.6 is 0 Å². The fourth-order valence-electron chi connectivity index (χ4n) is 1.85. The molecular weight excluding hydrogens is 224 g/mol. The van der Waals surface area contributed by atoms with Gasteiger partial charge in [-0.1, -0.05) is 0 Å². The molecule has 0 amide bonds. The Labute approximate surface area is 97.8 Å². The molecule has 0 saturated carbocycles. The number of carboxylic acids is 1. The number of anilines is 1. The first-order valence-corrected chi connectivity index (χ1v) is 5.30. The van der Waals surface area contributed by atoms with E-state index in [4.69, 9.17) is 9.84 Å². The molecule has 0 aromatic heterocycles. The number of nitroso groups, excluding NO2 is 1. The van der Waals surface area contributed by atoms with Crippen LogP contribution in [0.4, 0.5) is 11.4 Å². The van der Waals surface area contributed by atoms with E-state index in [9.17, 15) is 9.70 Å². The lowest BCUT2D eigenvalue weighted by molar-refractivity contribution is -0.379. The maximum Gasteiger partial charge on any atom is 0.338 e. The fraction of sp³-hybridized carbons (Fsp3) is 0.364. The Kier molecular flexibility index (Phi) is 3.34. The highest BCUT2D eigenvalue weighted by Crippen LogP contribution is 2.23. The number of hydrogen-bond acceptors (Lipinski definition) is 4. The molecule has 0 aliphatic carbocycles. The molecule has 6 nitrogen and oxygen atoms in total. The minimum atomic E-state index is -1.04. The Morgan fingerprint density at radius 3 is 2.65 bits per heavy atom. The SMILES string of the molecule is O=[NH+]c1ccc(N2CCOCC2)c(C(=O)O)c1. The Morgan fingerprint density at radius 1 is 1.35 bits per heavy atom. The Hall–Kier alpha value is -1.95. The molecule has 2 rings (SSSR count). The number of carboxylic acid groups (broad SMARTS) is 1. The van der Waals surface area contributed by atoms with Gasteiger partial charge in [0.2, 0.25) is 0 Å². The minimum absolute atomic E-state index is 0.132. The van der Waals surface area contributed by atoms with Crippen molar-refractivity contribution in [2.75, 3.05) is 31.2 Å².